The lowest BCUT2D eigenvalue weighted by atomic mass is 10.1. The number of nitrogens with zero attached hydrogens (tertiary/aromatic N) is 2. The second kappa shape index (κ2) is 9.50. The maximum Gasteiger partial charge on any atom is 0.373 e. The number of para-hydroxylation sites is 1. The number of aromatic carboxylic acids is 1. The standard InChI is InChI=1S/C27H21N3O7/c1-36-26(34)23-10-9-19(37-23)15-30-24(31)21(28-27(30)35)12-18-14-29(22-8-3-2-7-20(18)22)13-16-5-4-6-17(11-16)25(32)33/h2-12,14H,13,15H2,1H3,(H,28,35)(H,32,33)/b21-12-. The van der Waals surface area contributed by atoms with Crippen molar-refractivity contribution >= 4 is 40.9 Å². The Bertz CT molecular complexity index is 1590. The second-order valence-corrected chi connectivity index (χ2v) is 8.37. The summed E-state index contributed by atoms with van der Waals surface area (Å²) in [5.41, 5.74) is 2.70. The normalized spacial score (nSPS) is 14.4. The molecule has 1 fully saturated rings. The number of hydrogen-bond acceptors (Lipinski definition) is 6. The van der Waals surface area contributed by atoms with Gasteiger partial charge in [0, 0.05) is 29.2 Å². The monoisotopic (exact) mass is 499 g/mol. The van der Waals surface area contributed by atoms with Crippen molar-refractivity contribution in [2.45, 2.75) is 13.1 Å². The summed E-state index contributed by atoms with van der Waals surface area (Å²) in [6.07, 6.45) is 3.46. The smallest absolute Gasteiger partial charge is 0.373 e. The van der Waals surface area contributed by atoms with Gasteiger partial charge in [0.15, 0.2) is 0 Å². The minimum atomic E-state index is -0.999. The van der Waals surface area contributed by atoms with Gasteiger partial charge in [-0.2, -0.15) is 0 Å². The summed E-state index contributed by atoms with van der Waals surface area (Å²) in [7, 11) is 1.23. The van der Waals surface area contributed by atoms with Gasteiger partial charge in [-0.25, -0.2) is 14.4 Å². The number of ether oxygens (including phenoxy) is 1. The molecule has 186 valence electrons. The molecule has 0 saturated carbocycles. The van der Waals surface area contributed by atoms with Gasteiger partial charge in [-0.3, -0.25) is 9.69 Å². The fraction of sp³-hybridized carbons (Fsp3) is 0.111. The largest absolute Gasteiger partial charge is 0.478 e. The maximum absolute atomic E-state index is 13.0. The molecule has 3 amide bonds. The number of carbonyl (C=O) groups is 4. The molecule has 2 aromatic heterocycles. The number of carboxylic acids is 1. The average molecular weight is 499 g/mol. The number of rotatable bonds is 7. The van der Waals surface area contributed by atoms with Crippen molar-refractivity contribution in [1.29, 1.82) is 0 Å². The number of imide groups is 1. The van der Waals surface area contributed by atoms with Crippen molar-refractivity contribution < 1.29 is 33.4 Å². The average Bonchev–Trinajstić information content (AvgIpc) is 3.58. The van der Waals surface area contributed by atoms with Gasteiger partial charge in [0.05, 0.1) is 19.2 Å². The summed E-state index contributed by atoms with van der Waals surface area (Å²) >= 11 is 0. The van der Waals surface area contributed by atoms with Crippen molar-refractivity contribution in [3.63, 3.8) is 0 Å². The number of hydrogen-bond donors (Lipinski definition) is 2. The molecule has 1 aliphatic rings. The molecule has 4 aromatic rings. The Morgan fingerprint density at radius 1 is 1.05 bits per heavy atom. The summed E-state index contributed by atoms with van der Waals surface area (Å²) in [4.78, 5) is 49.5. The zero-order valence-corrected chi connectivity index (χ0v) is 19.6. The summed E-state index contributed by atoms with van der Waals surface area (Å²) < 4.78 is 11.9. The SMILES string of the molecule is COC(=O)c1ccc(CN2C(=O)N/C(=C\c3cn(Cc4cccc(C(=O)O)c4)c4ccccc34)C2=O)o1. The van der Waals surface area contributed by atoms with E-state index in [1.54, 1.807) is 18.2 Å². The van der Waals surface area contributed by atoms with Gasteiger partial charge in [0.2, 0.25) is 5.76 Å². The second-order valence-electron chi connectivity index (χ2n) is 8.37. The molecule has 1 aliphatic heterocycles. The zero-order valence-electron chi connectivity index (χ0n) is 19.6. The number of aromatic nitrogens is 1. The first kappa shape index (κ1) is 23.6. The number of fused-ring (bicyclic) bond motifs is 1. The number of esters is 1. The predicted octanol–water partition coefficient (Wildman–Crippen LogP) is 3.86. The van der Waals surface area contributed by atoms with E-state index in [9.17, 15) is 24.3 Å². The van der Waals surface area contributed by atoms with Crippen LogP contribution in [0.5, 0.6) is 0 Å². The summed E-state index contributed by atoms with van der Waals surface area (Å²) in [6.45, 7) is 0.263. The highest BCUT2D eigenvalue weighted by Crippen LogP contribution is 2.26. The van der Waals surface area contributed by atoms with Gasteiger partial charge in [0.1, 0.15) is 11.5 Å². The highest BCUT2D eigenvalue weighted by molar-refractivity contribution is 6.14. The van der Waals surface area contributed by atoms with Crippen molar-refractivity contribution in [3.05, 3.63) is 101 Å². The maximum atomic E-state index is 13.0. The molecule has 0 unspecified atom stereocenters. The van der Waals surface area contributed by atoms with Crippen LogP contribution in [0.25, 0.3) is 17.0 Å². The third-order valence-electron chi connectivity index (χ3n) is 5.97. The first-order chi connectivity index (χ1) is 17.8. The minimum absolute atomic E-state index is 0.0259. The molecule has 1 saturated heterocycles. The number of nitrogens with one attached hydrogen (secondary N) is 1. The predicted molar refractivity (Wildman–Crippen MR) is 132 cm³/mol. The van der Waals surface area contributed by atoms with E-state index in [4.69, 9.17) is 4.42 Å². The molecule has 0 bridgehead atoms. The molecule has 5 rings (SSSR count). The first-order valence-electron chi connectivity index (χ1n) is 11.3. The van der Waals surface area contributed by atoms with E-state index in [2.05, 4.69) is 10.1 Å². The number of furan rings is 1. The molecular weight excluding hydrogens is 478 g/mol. The van der Waals surface area contributed by atoms with Gasteiger partial charge in [0.25, 0.3) is 5.91 Å². The molecule has 3 heterocycles. The van der Waals surface area contributed by atoms with Crippen molar-refractivity contribution in [2.75, 3.05) is 7.11 Å². The summed E-state index contributed by atoms with van der Waals surface area (Å²) in [5.74, 6) is -1.96. The fourth-order valence-electron chi connectivity index (χ4n) is 4.22. The number of carbonyl (C=O) groups excluding carboxylic acids is 3. The highest BCUT2D eigenvalue weighted by atomic mass is 16.5. The van der Waals surface area contributed by atoms with Crippen molar-refractivity contribution in [3.8, 4) is 0 Å². The molecule has 2 aromatic carbocycles. The molecule has 37 heavy (non-hydrogen) atoms. The topological polar surface area (TPSA) is 131 Å². The molecule has 10 nitrogen and oxygen atoms in total. The summed E-state index contributed by atoms with van der Waals surface area (Å²) in [5, 5.41) is 12.8. The number of amides is 3. The first-order valence-corrected chi connectivity index (χ1v) is 11.3. The number of carboxylic acid groups (broad SMARTS) is 1. The fourth-order valence-corrected chi connectivity index (χ4v) is 4.22. The number of urea groups is 1. The van der Waals surface area contributed by atoms with E-state index in [1.807, 2.05) is 41.1 Å². The Kier molecular flexibility index (Phi) is 6.06. The van der Waals surface area contributed by atoms with Crippen LogP contribution in [0.2, 0.25) is 0 Å². The lowest BCUT2D eigenvalue weighted by Gasteiger charge is -2.09. The van der Waals surface area contributed by atoms with E-state index in [0.717, 1.165) is 21.4 Å². The molecule has 0 spiro atoms. The third-order valence-corrected chi connectivity index (χ3v) is 5.97. The van der Waals surface area contributed by atoms with E-state index >= 15 is 0 Å². The van der Waals surface area contributed by atoms with Crippen LogP contribution in [-0.4, -0.2) is 45.6 Å². The highest BCUT2D eigenvalue weighted by Gasteiger charge is 2.34. The lowest BCUT2D eigenvalue weighted by Crippen LogP contribution is -2.30. The van der Waals surface area contributed by atoms with Crippen LogP contribution in [-0.2, 0) is 22.6 Å². The Labute approximate surface area is 210 Å². The van der Waals surface area contributed by atoms with E-state index < -0.39 is 23.9 Å². The van der Waals surface area contributed by atoms with Crippen LogP contribution in [0, 0.1) is 0 Å². The molecular formula is C27H21N3O7. The van der Waals surface area contributed by atoms with Crippen LogP contribution in [0.1, 0.15) is 37.8 Å². The van der Waals surface area contributed by atoms with Gasteiger partial charge in [-0.15, -0.1) is 0 Å². The van der Waals surface area contributed by atoms with Gasteiger partial charge >= 0.3 is 18.0 Å². The van der Waals surface area contributed by atoms with E-state index in [1.165, 1.54) is 25.3 Å². The van der Waals surface area contributed by atoms with Crippen LogP contribution < -0.4 is 5.32 Å². The van der Waals surface area contributed by atoms with Crippen LogP contribution >= 0.6 is 0 Å². The van der Waals surface area contributed by atoms with Crippen LogP contribution in [0.4, 0.5) is 4.79 Å². The zero-order chi connectivity index (χ0) is 26.1. The quantitative estimate of drug-likeness (QED) is 0.224. The summed E-state index contributed by atoms with van der Waals surface area (Å²) in [6, 6.07) is 16.6. The van der Waals surface area contributed by atoms with E-state index in [0.29, 0.717) is 12.1 Å². The Hall–Kier alpha value is -5.12. The third kappa shape index (κ3) is 4.59. The Balaban J connectivity index is 1.42. The lowest BCUT2D eigenvalue weighted by molar-refractivity contribution is -0.123. The molecule has 0 atom stereocenters. The Morgan fingerprint density at radius 3 is 2.65 bits per heavy atom. The number of methoxy groups -OCH3 is 1. The van der Waals surface area contributed by atoms with Gasteiger partial charge in [-0.1, -0.05) is 30.3 Å². The molecule has 10 heteroatoms. The van der Waals surface area contributed by atoms with Crippen molar-refractivity contribution in [1.82, 2.24) is 14.8 Å². The minimum Gasteiger partial charge on any atom is -0.478 e. The van der Waals surface area contributed by atoms with E-state index in [-0.39, 0.29) is 29.3 Å². The van der Waals surface area contributed by atoms with Gasteiger partial charge < -0.3 is 24.1 Å². The van der Waals surface area contributed by atoms with Crippen LogP contribution in [0.15, 0.2) is 77.0 Å². The molecule has 0 radical (unpaired) electrons. The number of benzene rings is 2. The molecule has 2 N–H and O–H groups in total. The van der Waals surface area contributed by atoms with Crippen molar-refractivity contribution in [2.24, 2.45) is 0 Å². The molecule has 0 aliphatic carbocycles. The van der Waals surface area contributed by atoms with Crippen LogP contribution in [0.3, 0.4) is 0 Å². The Morgan fingerprint density at radius 2 is 1.86 bits per heavy atom. The van der Waals surface area contributed by atoms with Gasteiger partial charge in [-0.05, 0) is 42.0 Å².